The summed E-state index contributed by atoms with van der Waals surface area (Å²) in [4.78, 5) is 4.37. The Morgan fingerprint density at radius 2 is 2.24 bits per heavy atom. The molecule has 17 heavy (non-hydrogen) atoms. The van der Waals surface area contributed by atoms with Crippen LogP contribution < -0.4 is 5.32 Å². The molecular weight excluding hydrogens is 210 g/mol. The third-order valence-electron chi connectivity index (χ3n) is 3.10. The van der Waals surface area contributed by atoms with Crippen molar-refractivity contribution in [2.75, 3.05) is 7.05 Å². The Labute approximate surface area is 103 Å². The fourth-order valence-corrected chi connectivity index (χ4v) is 2.05. The summed E-state index contributed by atoms with van der Waals surface area (Å²) >= 11 is 0. The molecule has 3 heteroatoms. The number of benzene rings is 1. The number of nitrogens with one attached hydrogen (secondary N) is 1. The second-order valence-corrected chi connectivity index (χ2v) is 4.41. The quantitative estimate of drug-likeness (QED) is 0.871. The number of hydrogen-bond donors (Lipinski definition) is 1. The highest BCUT2D eigenvalue weighted by molar-refractivity contribution is 5.25. The van der Waals surface area contributed by atoms with Crippen LogP contribution in [0.1, 0.15) is 23.0 Å². The van der Waals surface area contributed by atoms with E-state index in [1.54, 1.807) is 0 Å². The molecule has 0 bridgehead atoms. The Hall–Kier alpha value is -1.61. The van der Waals surface area contributed by atoms with Gasteiger partial charge in [0, 0.05) is 31.9 Å². The molecule has 0 radical (unpaired) electrons. The first-order chi connectivity index (χ1) is 8.20. The van der Waals surface area contributed by atoms with E-state index < -0.39 is 0 Å². The number of aromatic nitrogens is 2. The Kier molecular flexibility index (Phi) is 3.59. The van der Waals surface area contributed by atoms with Crippen LogP contribution in [0.4, 0.5) is 0 Å². The topological polar surface area (TPSA) is 29.9 Å². The average Bonchev–Trinajstić information content (AvgIpc) is 2.71. The smallest absolute Gasteiger partial charge is 0.110 e. The maximum Gasteiger partial charge on any atom is 0.110 e. The number of likely N-dealkylation sites (N-methyl/N-ethyl adjacent to an activating group) is 1. The summed E-state index contributed by atoms with van der Waals surface area (Å²) in [6, 6.07) is 8.93. The van der Waals surface area contributed by atoms with Crippen molar-refractivity contribution in [1.29, 1.82) is 0 Å². The molecule has 0 aliphatic rings. The van der Waals surface area contributed by atoms with E-state index in [2.05, 4.69) is 46.1 Å². The lowest BCUT2D eigenvalue weighted by Gasteiger charge is -2.17. The van der Waals surface area contributed by atoms with E-state index in [-0.39, 0.29) is 0 Å². The van der Waals surface area contributed by atoms with E-state index in [9.17, 15) is 0 Å². The van der Waals surface area contributed by atoms with E-state index in [0.29, 0.717) is 6.04 Å². The Bertz CT molecular complexity index is 488. The van der Waals surface area contributed by atoms with Gasteiger partial charge in [-0.05, 0) is 19.5 Å². The third-order valence-corrected chi connectivity index (χ3v) is 3.10. The molecule has 1 heterocycles. The number of imidazole rings is 1. The van der Waals surface area contributed by atoms with Gasteiger partial charge in [-0.3, -0.25) is 0 Å². The molecule has 0 fully saturated rings. The summed E-state index contributed by atoms with van der Waals surface area (Å²) in [6.07, 6.45) is 4.74. The summed E-state index contributed by atoms with van der Waals surface area (Å²) in [5, 5.41) is 3.36. The molecule has 0 saturated carbocycles. The van der Waals surface area contributed by atoms with Crippen molar-refractivity contribution in [3.8, 4) is 0 Å². The minimum atomic E-state index is 0.316. The largest absolute Gasteiger partial charge is 0.338 e. The van der Waals surface area contributed by atoms with Crippen molar-refractivity contribution in [3.05, 3.63) is 53.6 Å². The van der Waals surface area contributed by atoms with Gasteiger partial charge in [0.1, 0.15) is 5.82 Å². The molecule has 0 aliphatic carbocycles. The molecule has 2 aromatic rings. The van der Waals surface area contributed by atoms with Crippen LogP contribution in [0.2, 0.25) is 0 Å². The maximum absolute atomic E-state index is 4.37. The van der Waals surface area contributed by atoms with E-state index in [4.69, 9.17) is 0 Å². The second kappa shape index (κ2) is 5.15. The maximum atomic E-state index is 4.37. The van der Waals surface area contributed by atoms with Crippen molar-refractivity contribution in [2.45, 2.75) is 19.4 Å². The normalized spacial score (nSPS) is 12.6. The van der Waals surface area contributed by atoms with Crippen molar-refractivity contribution < 1.29 is 0 Å². The minimum Gasteiger partial charge on any atom is -0.338 e. The highest BCUT2D eigenvalue weighted by Gasteiger charge is 2.12. The van der Waals surface area contributed by atoms with Crippen molar-refractivity contribution >= 4 is 0 Å². The van der Waals surface area contributed by atoms with Crippen LogP contribution in [-0.2, 0) is 13.5 Å². The van der Waals surface area contributed by atoms with Crippen molar-refractivity contribution in [3.63, 3.8) is 0 Å². The summed E-state index contributed by atoms with van der Waals surface area (Å²) < 4.78 is 2.07. The number of hydrogen-bond acceptors (Lipinski definition) is 2. The van der Waals surface area contributed by atoms with Gasteiger partial charge in [0.25, 0.3) is 0 Å². The molecule has 0 amide bonds. The molecule has 1 atom stereocenters. The summed E-state index contributed by atoms with van der Waals surface area (Å²) in [7, 11) is 4.03. The Morgan fingerprint density at radius 1 is 1.41 bits per heavy atom. The lowest BCUT2D eigenvalue weighted by molar-refractivity contribution is 0.563. The molecule has 1 N–H and O–H groups in total. The van der Waals surface area contributed by atoms with Crippen LogP contribution in [0.25, 0.3) is 0 Å². The Balaban J connectivity index is 2.20. The minimum absolute atomic E-state index is 0.316. The second-order valence-electron chi connectivity index (χ2n) is 4.41. The zero-order valence-corrected chi connectivity index (χ0v) is 10.6. The fraction of sp³-hybridized carbons (Fsp3) is 0.357. The van der Waals surface area contributed by atoms with Gasteiger partial charge in [0.2, 0.25) is 0 Å². The molecule has 0 spiro atoms. The van der Waals surface area contributed by atoms with E-state index >= 15 is 0 Å². The molecule has 2 rings (SSSR count). The van der Waals surface area contributed by atoms with Gasteiger partial charge < -0.3 is 9.88 Å². The average molecular weight is 229 g/mol. The zero-order chi connectivity index (χ0) is 12.3. The molecular formula is C14H19N3. The van der Waals surface area contributed by atoms with E-state index in [1.165, 1.54) is 11.1 Å². The van der Waals surface area contributed by atoms with Crippen LogP contribution in [0.3, 0.4) is 0 Å². The summed E-state index contributed by atoms with van der Waals surface area (Å²) in [5.41, 5.74) is 2.61. The molecule has 0 aliphatic heterocycles. The van der Waals surface area contributed by atoms with Gasteiger partial charge in [0.15, 0.2) is 0 Å². The zero-order valence-electron chi connectivity index (χ0n) is 10.6. The SMILES string of the molecule is CNC(Cc1nccn1C)c1cccc(C)c1. The molecule has 1 aromatic heterocycles. The fourth-order valence-electron chi connectivity index (χ4n) is 2.05. The predicted molar refractivity (Wildman–Crippen MR) is 69.9 cm³/mol. The van der Waals surface area contributed by atoms with Crippen molar-refractivity contribution in [2.24, 2.45) is 7.05 Å². The summed E-state index contributed by atoms with van der Waals surface area (Å²) in [6.45, 7) is 2.12. The van der Waals surface area contributed by atoms with E-state index in [0.717, 1.165) is 12.2 Å². The van der Waals surface area contributed by atoms with Gasteiger partial charge in [-0.15, -0.1) is 0 Å². The lowest BCUT2D eigenvalue weighted by Crippen LogP contribution is -2.20. The monoisotopic (exact) mass is 229 g/mol. The highest BCUT2D eigenvalue weighted by atomic mass is 15.0. The van der Waals surface area contributed by atoms with Gasteiger partial charge >= 0.3 is 0 Å². The first-order valence-corrected chi connectivity index (χ1v) is 5.90. The third kappa shape index (κ3) is 2.74. The van der Waals surface area contributed by atoms with Crippen LogP contribution in [0.5, 0.6) is 0 Å². The molecule has 0 saturated heterocycles. The van der Waals surface area contributed by atoms with Gasteiger partial charge in [0.05, 0.1) is 0 Å². The van der Waals surface area contributed by atoms with Gasteiger partial charge in [-0.25, -0.2) is 4.98 Å². The van der Waals surface area contributed by atoms with Gasteiger partial charge in [-0.2, -0.15) is 0 Å². The molecule has 1 unspecified atom stereocenters. The van der Waals surface area contributed by atoms with E-state index in [1.807, 2.05) is 26.5 Å². The number of nitrogens with zero attached hydrogens (tertiary/aromatic N) is 2. The van der Waals surface area contributed by atoms with Crippen LogP contribution in [0.15, 0.2) is 36.7 Å². The first kappa shape index (κ1) is 11.9. The van der Waals surface area contributed by atoms with Crippen LogP contribution >= 0.6 is 0 Å². The number of rotatable bonds is 4. The molecule has 1 aromatic carbocycles. The molecule has 3 nitrogen and oxygen atoms in total. The van der Waals surface area contributed by atoms with Crippen LogP contribution in [0, 0.1) is 6.92 Å². The van der Waals surface area contributed by atoms with Crippen molar-refractivity contribution in [1.82, 2.24) is 14.9 Å². The first-order valence-electron chi connectivity index (χ1n) is 5.90. The standard InChI is InChI=1S/C14H19N3/c1-11-5-4-6-12(9-11)13(15-2)10-14-16-7-8-17(14)3/h4-9,13,15H,10H2,1-3H3. The van der Waals surface area contributed by atoms with Crippen LogP contribution in [-0.4, -0.2) is 16.6 Å². The highest BCUT2D eigenvalue weighted by Crippen LogP contribution is 2.18. The number of aryl methyl sites for hydroxylation is 2. The predicted octanol–water partition coefficient (Wildman–Crippen LogP) is 2.23. The molecule has 90 valence electrons. The van der Waals surface area contributed by atoms with Gasteiger partial charge in [-0.1, -0.05) is 29.8 Å². The lowest BCUT2D eigenvalue weighted by atomic mass is 10.0. The summed E-state index contributed by atoms with van der Waals surface area (Å²) in [5.74, 6) is 1.10. The Morgan fingerprint density at radius 3 is 2.82 bits per heavy atom.